The Morgan fingerprint density at radius 1 is 1.28 bits per heavy atom. The molecule has 0 fully saturated rings. The van der Waals surface area contributed by atoms with Crippen LogP contribution in [0.2, 0.25) is 0 Å². The fourth-order valence-electron chi connectivity index (χ4n) is 1.32. The molecule has 6 heteroatoms. The first-order chi connectivity index (χ1) is 8.36. The highest BCUT2D eigenvalue weighted by molar-refractivity contribution is 5.95. The van der Waals surface area contributed by atoms with Crippen LogP contribution >= 0.6 is 0 Å². The van der Waals surface area contributed by atoms with Gasteiger partial charge in [0.15, 0.2) is 0 Å². The van der Waals surface area contributed by atoms with Crippen molar-refractivity contribution in [2.24, 2.45) is 5.92 Å². The third kappa shape index (κ3) is 3.00. The second-order valence-electron chi connectivity index (χ2n) is 4.07. The van der Waals surface area contributed by atoms with Gasteiger partial charge in [-0.25, -0.2) is 13.2 Å². The van der Waals surface area contributed by atoms with E-state index in [0.717, 1.165) is 0 Å². The molecule has 0 heterocycles. The second-order valence-corrected chi connectivity index (χ2v) is 4.07. The standard InChI is InChI=1S/C12H11F3N2O/c1-6(2)10(5-16)17-12(18)11-8(14)3-7(13)4-9(11)15/h3-4,6,10H,1-2H3,(H,17,18). The molecule has 0 radical (unpaired) electrons. The molecule has 0 aliphatic rings. The van der Waals surface area contributed by atoms with E-state index in [1.54, 1.807) is 19.9 Å². The molecule has 0 aromatic heterocycles. The largest absolute Gasteiger partial charge is 0.336 e. The summed E-state index contributed by atoms with van der Waals surface area (Å²) in [5.74, 6) is -5.01. The van der Waals surface area contributed by atoms with Crippen molar-refractivity contribution in [1.29, 1.82) is 5.26 Å². The Bertz CT molecular complexity index is 486. The van der Waals surface area contributed by atoms with Gasteiger partial charge in [-0.05, 0) is 5.92 Å². The molecule has 96 valence electrons. The van der Waals surface area contributed by atoms with Crippen LogP contribution < -0.4 is 5.32 Å². The molecule has 1 rings (SSSR count). The summed E-state index contributed by atoms with van der Waals surface area (Å²) < 4.78 is 39.3. The number of rotatable bonds is 3. The van der Waals surface area contributed by atoms with Crippen molar-refractivity contribution in [3.63, 3.8) is 0 Å². The minimum Gasteiger partial charge on any atom is -0.336 e. The number of carbonyl (C=O) groups excluding carboxylic acids is 1. The lowest BCUT2D eigenvalue weighted by Crippen LogP contribution is -2.38. The average molecular weight is 256 g/mol. The van der Waals surface area contributed by atoms with Crippen LogP contribution in [0.5, 0.6) is 0 Å². The maximum Gasteiger partial charge on any atom is 0.258 e. The van der Waals surface area contributed by atoms with Crippen LogP contribution in [-0.4, -0.2) is 11.9 Å². The Morgan fingerprint density at radius 3 is 2.17 bits per heavy atom. The third-order valence-electron chi connectivity index (χ3n) is 2.33. The monoisotopic (exact) mass is 256 g/mol. The Labute approximate surface area is 102 Å². The van der Waals surface area contributed by atoms with Crippen molar-refractivity contribution >= 4 is 5.91 Å². The second kappa shape index (κ2) is 5.54. The van der Waals surface area contributed by atoms with Crippen molar-refractivity contribution in [3.05, 3.63) is 35.1 Å². The summed E-state index contributed by atoms with van der Waals surface area (Å²) in [5, 5.41) is 10.9. The molecular weight excluding hydrogens is 245 g/mol. The summed E-state index contributed by atoms with van der Waals surface area (Å²) in [4.78, 5) is 11.6. The molecular formula is C12H11F3N2O. The molecule has 1 unspecified atom stereocenters. The molecule has 0 bridgehead atoms. The molecule has 18 heavy (non-hydrogen) atoms. The number of nitrogens with one attached hydrogen (secondary N) is 1. The van der Waals surface area contributed by atoms with Gasteiger partial charge in [0, 0.05) is 12.1 Å². The lowest BCUT2D eigenvalue weighted by atomic mass is 10.1. The number of amides is 1. The van der Waals surface area contributed by atoms with Gasteiger partial charge >= 0.3 is 0 Å². The van der Waals surface area contributed by atoms with Crippen LogP contribution in [0.25, 0.3) is 0 Å². The van der Waals surface area contributed by atoms with Gasteiger partial charge in [-0.15, -0.1) is 0 Å². The molecule has 1 atom stereocenters. The Balaban J connectivity index is 3.02. The van der Waals surface area contributed by atoms with Crippen LogP contribution in [0.1, 0.15) is 24.2 Å². The van der Waals surface area contributed by atoms with E-state index in [-0.39, 0.29) is 5.92 Å². The predicted molar refractivity (Wildman–Crippen MR) is 58.0 cm³/mol. The molecule has 0 aliphatic carbocycles. The van der Waals surface area contributed by atoms with Crippen LogP contribution in [-0.2, 0) is 0 Å². The zero-order valence-corrected chi connectivity index (χ0v) is 9.80. The number of halogens is 3. The van der Waals surface area contributed by atoms with E-state index in [1.165, 1.54) is 0 Å². The van der Waals surface area contributed by atoms with E-state index in [0.29, 0.717) is 12.1 Å². The van der Waals surface area contributed by atoms with Crippen LogP contribution in [0, 0.1) is 34.7 Å². The van der Waals surface area contributed by atoms with Gasteiger partial charge in [0.1, 0.15) is 29.1 Å². The van der Waals surface area contributed by atoms with Gasteiger partial charge in [0.25, 0.3) is 5.91 Å². The molecule has 1 aromatic carbocycles. The zero-order valence-electron chi connectivity index (χ0n) is 9.80. The van der Waals surface area contributed by atoms with Gasteiger partial charge in [-0.1, -0.05) is 13.8 Å². The summed E-state index contributed by atoms with van der Waals surface area (Å²) in [6.45, 7) is 3.34. The lowest BCUT2D eigenvalue weighted by molar-refractivity contribution is 0.0929. The minimum atomic E-state index is -1.30. The molecule has 3 nitrogen and oxygen atoms in total. The Morgan fingerprint density at radius 2 is 1.78 bits per heavy atom. The molecule has 1 aromatic rings. The zero-order chi connectivity index (χ0) is 13.9. The average Bonchev–Trinajstić information content (AvgIpc) is 2.23. The normalized spacial score (nSPS) is 12.1. The molecule has 0 spiro atoms. The Kier molecular flexibility index (Phi) is 4.32. The first-order valence-corrected chi connectivity index (χ1v) is 5.21. The number of carbonyl (C=O) groups is 1. The third-order valence-corrected chi connectivity index (χ3v) is 2.33. The number of benzene rings is 1. The van der Waals surface area contributed by atoms with Gasteiger partial charge in [-0.2, -0.15) is 5.26 Å². The van der Waals surface area contributed by atoms with E-state index in [2.05, 4.69) is 5.32 Å². The van der Waals surface area contributed by atoms with E-state index in [4.69, 9.17) is 5.26 Å². The van der Waals surface area contributed by atoms with E-state index < -0.39 is 35.0 Å². The van der Waals surface area contributed by atoms with Crippen molar-refractivity contribution in [3.8, 4) is 6.07 Å². The van der Waals surface area contributed by atoms with Crippen LogP contribution in [0.15, 0.2) is 12.1 Å². The number of hydrogen-bond acceptors (Lipinski definition) is 2. The highest BCUT2D eigenvalue weighted by atomic mass is 19.1. The lowest BCUT2D eigenvalue weighted by Gasteiger charge is -2.15. The topological polar surface area (TPSA) is 52.9 Å². The highest BCUT2D eigenvalue weighted by Crippen LogP contribution is 2.15. The van der Waals surface area contributed by atoms with Crippen molar-refractivity contribution in [2.45, 2.75) is 19.9 Å². The maximum absolute atomic E-state index is 13.3. The number of nitriles is 1. The van der Waals surface area contributed by atoms with E-state index in [9.17, 15) is 18.0 Å². The molecule has 1 amide bonds. The fourth-order valence-corrected chi connectivity index (χ4v) is 1.32. The molecule has 0 saturated carbocycles. The quantitative estimate of drug-likeness (QED) is 0.902. The summed E-state index contributed by atoms with van der Waals surface area (Å²) in [6.07, 6.45) is 0. The smallest absolute Gasteiger partial charge is 0.258 e. The highest BCUT2D eigenvalue weighted by Gasteiger charge is 2.22. The summed E-state index contributed by atoms with van der Waals surface area (Å²) in [6, 6.07) is 1.75. The summed E-state index contributed by atoms with van der Waals surface area (Å²) in [5.41, 5.74) is -0.891. The van der Waals surface area contributed by atoms with Crippen molar-refractivity contribution in [2.75, 3.05) is 0 Å². The Hall–Kier alpha value is -2.03. The number of hydrogen-bond donors (Lipinski definition) is 1. The predicted octanol–water partition coefficient (Wildman–Crippen LogP) is 2.38. The molecule has 0 saturated heterocycles. The van der Waals surface area contributed by atoms with Gasteiger partial charge < -0.3 is 5.32 Å². The van der Waals surface area contributed by atoms with E-state index >= 15 is 0 Å². The first-order valence-electron chi connectivity index (χ1n) is 5.21. The first kappa shape index (κ1) is 14.0. The molecule has 1 N–H and O–H groups in total. The van der Waals surface area contributed by atoms with Crippen LogP contribution in [0.3, 0.4) is 0 Å². The minimum absolute atomic E-state index is 0.217. The van der Waals surface area contributed by atoms with Gasteiger partial charge in [0.2, 0.25) is 0 Å². The number of nitrogens with zero attached hydrogens (tertiary/aromatic N) is 1. The van der Waals surface area contributed by atoms with Crippen molar-refractivity contribution in [1.82, 2.24) is 5.32 Å². The summed E-state index contributed by atoms with van der Waals surface area (Å²) in [7, 11) is 0. The van der Waals surface area contributed by atoms with Gasteiger partial charge in [0.05, 0.1) is 6.07 Å². The maximum atomic E-state index is 13.3. The van der Waals surface area contributed by atoms with Crippen molar-refractivity contribution < 1.29 is 18.0 Å². The van der Waals surface area contributed by atoms with Crippen LogP contribution in [0.4, 0.5) is 13.2 Å². The molecule has 0 aliphatic heterocycles. The SMILES string of the molecule is CC(C)C(C#N)NC(=O)c1c(F)cc(F)cc1F. The van der Waals surface area contributed by atoms with E-state index in [1.807, 2.05) is 0 Å². The fraction of sp³-hybridized carbons (Fsp3) is 0.333. The van der Waals surface area contributed by atoms with Gasteiger partial charge in [-0.3, -0.25) is 4.79 Å². The summed E-state index contributed by atoms with van der Waals surface area (Å²) >= 11 is 0.